The van der Waals surface area contributed by atoms with E-state index in [1.165, 1.54) is 16.9 Å². The van der Waals surface area contributed by atoms with Gasteiger partial charge in [0.25, 0.3) is 5.56 Å². The van der Waals surface area contributed by atoms with E-state index in [0.717, 1.165) is 33.5 Å². The standard InChI is InChI=1S/C25H23N3OS/c1-3-18-9-11-19(12-10-18)21-16-30-24-22(21)25(29)28(14-5-4-13-26)23(27-24)20-8-6-7-17(2)15-20/h6-12,15-16H,3-5,14H2,1-2H3. The fourth-order valence-electron chi connectivity index (χ4n) is 3.69. The second-order valence-corrected chi connectivity index (χ2v) is 8.26. The van der Waals surface area contributed by atoms with E-state index in [1.54, 1.807) is 4.57 Å². The van der Waals surface area contributed by atoms with Gasteiger partial charge >= 0.3 is 0 Å². The lowest BCUT2D eigenvalue weighted by atomic mass is 10.0. The third kappa shape index (κ3) is 3.79. The molecule has 5 heteroatoms. The summed E-state index contributed by atoms with van der Waals surface area (Å²) < 4.78 is 1.74. The van der Waals surface area contributed by atoms with E-state index >= 15 is 0 Å². The van der Waals surface area contributed by atoms with Crippen molar-refractivity contribution in [1.29, 1.82) is 5.26 Å². The van der Waals surface area contributed by atoms with Crippen LogP contribution in [0.15, 0.2) is 58.7 Å². The molecule has 0 atom stereocenters. The molecule has 4 nitrogen and oxygen atoms in total. The number of nitrogens with zero attached hydrogens (tertiary/aromatic N) is 3. The van der Waals surface area contributed by atoms with Crippen LogP contribution in [0, 0.1) is 18.3 Å². The second kappa shape index (κ2) is 8.64. The first-order valence-corrected chi connectivity index (χ1v) is 11.1. The Labute approximate surface area is 180 Å². The van der Waals surface area contributed by atoms with E-state index < -0.39 is 0 Å². The summed E-state index contributed by atoms with van der Waals surface area (Å²) in [5, 5.41) is 11.7. The number of hydrogen-bond donors (Lipinski definition) is 0. The van der Waals surface area contributed by atoms with Gasteiger partial charge in [0, 0.05) is 29.5 Å². The van der Waals surface area contributed by atoms with Crippen molar-refractivity contribution in [2.45, 2.75) is 39.7 Å². The van der Waals surface area contributed by atoms with E-state index in [4.69, 9.17) is 10.2 Å². The van der Waals surface area contributed by atoms with Crippen LogP contribution in [0.3, 0.4) is 0 Å². The molecule has 0 spiro atoms. The Morgan fingerprint density at radius 2 is 1.93 bits per heavy atom. The number of hydrogen-bond acceptors (Lipinski definition) is 4. The van der Waals surface area contributed by atoms with Crippen LogP contribution in [0.2, 0.25) is 0 Å². The highest BCUT2D eigenvalue weighted by Gasteiger charge is 2.18. The minimum absolute atomic E-state index is 0.0368. The number of thiophene rings is 1. The van der Waals surface area contributed by atoms with Crippen LogP contribution in [-0.4, -0.2) is 9.55 Å². The van der Waals surface area contributed by atoms with Crippen LogP contribution in [0.4, 0.5) is 0 Å². The van der Waals surface area contributed by atoms with Crippen LogP contribution in [-0.2, 0) is 13.0 Å². The van der Waals surface area contributed by atoms with E-state index in [-0.39, 0.29) is 5.56 Å². The van der Waals surface area contributed by atoms with Crippen molar-refractivity contribution in [1.82, 2.24) is 9.55 Å². The van der Waals surface area contributed by atoms with Gasteiger partial charge in [-0.1, -0.05) is 55.0 Å². The first kappa shape index (κ1) is 20.1. The van der Waals surface area contributed by atoms with Crippen molar-refractivity contribution >= 4 is 21.6 Å². The molecule has 2 aromatic carbocycles. The van der Waals surface area contributed by atoms with Crippen LogP contribution in [0.5, 0.6) is 0 Å². The maximum Gasteiger partial charge on any atom is 0.263 e. The second-order valence-electron chi connectivity index (χ2n) is 7.40. The lowest BCUT2D eigenvalue weighted by molar-refractivity contribution is 0.634. The van der Waals surface area contributed by atoms with Gasteiger partial charge in [-0.15, -0.1) is 11.3 Å². The summed E-state index contributed by atoms with van der Waals surface area (Å²) in [6, 6.07) is 18.6. The van der Waals surface area contributed by atoms with E-state index in [1.807, 2.05) is 36.6 Å². The number of benzene rings is 2. The predicted octanol–water partition coefficient (Wildman–Crippen LogP) is 5.97. The fraction of sp³-hybridized carbons (Fsp3) is 0.240. The first-order valence-electron chi connectivity index (χ1n) is 10.2. The summed E-state index contributed by atoms with van der Waals surface area (Å²) in [4.78, 5) is 19.3. The number of aromatic nitrogens is 2. The van der Waals surface area contributed by atoms with Crippen LogP contribution in [0.1, 0.15) is 30.9 Å². The summed E-state index contributed by atoms with van der Waals surface area (Å²) in [5.41, 5.74) is 5.24. The third-order valence-electron chi connectivity index (χ3n) is 5.31. The zero-order valence-electron chi connectivity index (χ0n) is 17.2. The zero-order chi connectivity index (χ0) is 21.1. The van der Waals surface area contributed by atoms with Crippen LogP contribution in [0.25, 0.3) is 32.7 Å². The molecule has 2 heterocycles. The smallest absolute Gasteiger partial charge is 0.263 e. The predicted molar refractivity (Wildman–Crippen MR) is 124 cm³/mol. The Morgan fingerprint density at radius 3 is 2.63 bits per heavy atom. The highest BCUT2D eigenvalue weighted by atomic mass is 32.1. The van der Waals surface area contributed by atoms with Gasteiger partial charge < -0.3 is 0 Å². The quantitative estimate of drug-likeness (QED) is 0.366. The molecular formula is C25H23N3OS. The highest BCUT2D eigenvalue weighted by Crippen LogP contribution is 2.32. The molecule has 0 bridgehead atoms. The number of rotatable bonds is 6. The van der Waals surface area contributed by atoms with Crippen LogP contribution < -0.4 is 5.56 Å². The molecule has 0 saturated heterocycles. The molecule has 150 valence electrons. The molecule has 2 aromatic heterocycles. The zero-order valence-corrected chi connectivity index (χ0v) is 18.0. The summed E-state index contributed by atoms with van der Waals surface area (Å²) >= 11 is 1.51. The molecule has 30 heavy (non-hydrogen) atoms. The van der Waals surface area contributed by atoms with Gasteiger partial charge in [-0.05, 0) is 37.0 Å². The van der Waals surface area contributed by atoms with E-state index in [9.17, 15) is 4.79 Å². The Hall–Kier alpha value is -3.23. The average Bonchev–Trinajstić information content (AvgIpc) is 3.19. The molecular weight excluding hydrogens is 390 g/mol. The number of unbranched alkanes of at least 4 members (excludes halogenated alkanes) is 1. The van der Waals surface area contributed by atoms with E-state index in [2.05, 4.69) is 37.3 Å². The van der Waals surface area contributed by atoms with Crippen molar-refractivity contribution < 1.29 is 0 Å². The Kier molecular flexibility index (Phi) is 5.78. The van der Waals surface area contributed by atoms with Gasteiger partial charge in [-0.25, -0.2) is 4.98 Å². The normalized spacial score (nSPS) is 11.0. The summed E-state index contributed by atoms with van der Waals surface area (Å²) in [5.74, 6) is 0.670. The van der Waals surface area contributed by atoms with Crippen LogP contribution >= 0.6 is 11.3 Å². The van der Waals surface area contributed by atoms with Gasteiger partial charge in [0.05, 0.1) is 11.5 Å². The van der Waals surface area contributed by atoms with Crippen molar-refractivity contribution in [2.75, 3.05) is 0 Å². The molecule has 4 aromatic rings. The Morgan fingerprint density at radius 1 is 1.13 bits per heavy atom. The summed E-state index contributed by atoms with van der Waals surface area (Å²) in [7, 11) is 0. The molecule has 0 radical (unpaired) electrons. The fourth-order valence-corrected chi connectivity index (χ4v) is 4.62. The molecule has 0 saturated carbocycles. The maximum absolute atomic E-state index is 13.6. The molecule has 4 rings (SSSR count). The maximum atomic E-state index is 13.6. The monoisotopic (exact) mass is 413 g/mol. The van der Waals surface area contributed by atoms with E-state index in [0.29, 0.717) is 30.6 Å². The average molecular weight is 414 g/mol. The Bertz CT molecular complexity index is 1290. The molecule has 0 unspecified atom stereocenters. The van der Waals surface area contributed by atoms with Gasteiger partial charge in [-0.3, -0.25) is 9.36 Å². The molecule has 0 amide bonds. The lowest BCUT2D eigenvalue weighted by Gasteiger charge is -2.13. The van der Waals surface area contributed by atoms with Gasteiger partial charge in [0.15, 0.2) is 0 Å². The molecule has 0 aliphatic heterocycles. The number of fused-ring (bicyclic) bond motifs is 1. The molecule has 0 fully saturated rings. The van der Waals surface area contributed by atoms with Crippen molar-refractivity contribution in [3.63, 3.8) is 0 Å². The summed E-state index contributed by atoms with van der Waals surface area (Å²) in [6.45, 7) is 4.64. The number of nitriles is 1. The number of aryl methyl sites for hydroxylation is 2. The van der Waals surface area contributed by atoms with Gasteiger partial charge in [0.2, 0.25) is 0 Å². The largest absolute Gasteiger partial charge is 0.292 e. The molecule has 0 aliphatic carbocycles. The SMILES string of the molecule is CCc1ccc(-c2csc3nc(-c4cccc(C)c4)n(CCCC#N)c(=O)c23)cc1. The van der Waals surface area contributed by atoms with Gasteiger partial charge in [0.1, 0.15) is 10.7 Å². The third-order valence-corrected chi connectivity index (χ3v) is 6.19. The first-order chi connectivity index (χ1) is 14.6. The van der Waals surface area contributed by atoms with Crippen molar-refractivity contribution in [3.8, 4) is 28.6 Å². The lowest BCUT2D eigenvalue weighted by Crippen LogP contribution is -2.23. The molecule has 0 aliphatic rings. The molecule has 0 N–H and O–H groups in total. The van der Waals surface area contributed by atoms with Crippen molar-refractivity contribution in [2.24, 2.45) is 0 Å². The summed E-state index contributed by atoms with van der Waals surface area (Å²) in [6.07, 6.45) is 2.01. The van der Waals surface area contributed by atoms with Gasteiger partial charge in [-0.2, -0.15) is 5.26 Å². The topological polar surface area (TPSA) is 58.7 Å². The Balaban J connectivity index is 1.92. The minimum atomic E-state index is -0.0368. The highest BCUT2D eigenvalue weighted by molar-refractivity contribution is 7.17. The minimum Gasteiger partial charge on any atom is -0.292 e. The van der Waals surface area contributed by atoms with Crippen molar-refractivity contribution in [3.05, 3.63) is 75.4 Å².